The molecule has 1 aromatic carbocycles. The third-order valence-corrected chi connectivity index (χ3v) is 2.14. The van der Waals surface area contributed by atoms with Gasteiger partial charge in [-0.05, 0) is 21.5 Å². The third-order valence-electron chi connectivity index (χ3n) is 1.73. The van der Waals surface area contributed by atoms with Crippen LogP contribution in [0.15, 0.2) is 47.5 Å². The zero-order chi connectivity index (χ0) is 9.10. The molecule has 0 aliphatic heterocycles. The van der Waals surface area contributed by atoms with Crippen LogP contribution in [0.4, 0.5) is 0 Å². The number of aromatic nitrogens is 2. The first-order valence-electron chi connectivity index (χ1n) is 3.89. The zero-order valence-corrected chi connectivity index (χ0v) is 8.40. The lowest BCUT2D eigenvalue weighted by Crippen LogP contribution is -1.83. The molecule has 2 rings (SSSR count). The molecule has 0 atom stereocenters. The fourth-order valence-electron chi connectivity index (χ4n) is 1.09. The van der Waals surface area contributed by atoms with Crippen molar-refractivity contribution in [3.63, 3.8) is 0 Å². The number of hydrogen-bond acceptors (Lipinski definition) is 2. The van der Waals surface area contributed by atoms with Gasteiger partial charge in [0.15, 0.2) is 4.73 Å². The molecule has 1 aromatic heterocycles. The lowest BCUT2D eigenvalue weighted by atomic mass is 10.1. The summed E-state index contributed by atoms with van der Waals surface area (Å²) in [6.07, 6.45) is 3.60. The highest BCUT2D eigenvalue weighted by Gasteiger charge is 1.96. The number of nitrogens with zero attached hydrogens (tertiary/aromatic N) is 2. The van der Waals surface area contributed by atoms with Crippen molar-refractivity contribution in [3.05, 3.63) is 47.5 Å². The van der Waals surface area contributed by atoms with Crippen LogP contribution in [-0.2, 0) is 0 Å². The Morgan fingerprint density at radius 1 is 0.846 bits per heavy atom. The molecule has 2 nitrogen and oxygen atoms in total. The molecule has 0 unspecified atom stereocenters. The monoisotopic (exact) mass is 234 g/mol. The lowest BCUT2D eigenvalue weighted by molar-refractivity contribution is 1.11. The molecule has 0 aliphatic rings. The van der Waals surface area contributed by atoms with Gasteiger partial charge in [0, 0.05) is 18.0 Å². The SMILES string of the molecule is Brc1ncc(-c2ccccc2)cn1. The van der Waals surface area contributed by atoms with Gasteiger partial charge in [-0.2, -0.15) is 0 Å². The smallest absolute Gasteiger partial charge is 0.196 e. The molecule has 0 radical (unpaired) electrons. The summed E-state index contributed by atoms with van der Waals surface area (Å²) in [6, 6.07) is 10.1. The van der Waals surface area contributed by atoms with E-state index >= 15 is 0 Å². The summed E-state index contributed by atoms with van der Waals surface area (Å²) in [6.45, 7) is 0. The van der Waals surface area contributed by atoms with E-state index in [9.17, 15) is 0 Å². The highest BCUT2D eigenvalue weighted by atomic mass is 79.9. The van der Waals surface area contributed by atoms with Gasteiger partial charge in [-0.1, -0.05) is 30.3 Å². The molecule has 1 heterocycles. The Morgan fingerprint density at radius 2 is 1.46 bits per heavy atom. The van der Waals surface area contributed by atoms with E-state index < -0.39 is 0 Å². The Kier molecular flexibility index (Phi) is 2.36. The molecule has 0 aliphatic carbocycles. The van der Waals surface area contributed by atoms with Crippen molar-refractivity contribution in [2.75, 3.05) is 0 Å². The first-order valence-corrected chi connectivity index (χ1v) is 4.68. The maximum atomic E-state index is 4.06. The van der Waals surface area contributed by atoms with Crippen molar-refractivity contribution in [2.45, 2.75) is 0 Å². The fraction of sp³-hybridized carbons (Fsp3) is 0. The summed E-state index contributed by atoms with van der Waals surface area (Å²) < 4.78 is 0.618. The van der Waals surface area contributed by atoms with E-state index in [4.69, 9.17) is 0 Å². The highest BCUT2D eigenvalue weighted by molar-refractivity contribution is 9.10. The van der Waals surface area contributed by atoms with E-state index in [0.717, 1.165) is 11.1 Å². The summed E-state index contributed by atoms with van der Waals surface area (Å²) in [4.78, 5) is 8.12. The van der Waals surface area contributed by atoms with Gasteiger partial charge in [-0.3, -0.25) is 0 Å². The van der Waals surface area contributed by atoms with Gasteiger partial charge in [0.2, 0.25) is 0 Å². The normalized spacial score (nSPS) is 9.92. The molecule has 2 aromatic rings. The summed E-state index contributed by atoms with van der Waals surface area (Å²) >= 11 is 3.20. The largest absolute Gasteiger partial charge is 0.230 e. The second-order valence-corrected chi connectivity index (χ2v) is 3.32. The third kappa shape index (κ3) is 1.92. The molecule has 0 saturated heterocycles. The number of hydrogen-bond donors (Lipinski definition) is 0. The molecular formula is C10H7BrN2. The number of benzene rings is 1. The van der Waals surface area contributed by atoms with Gasteiger partial charge in [-0.25, -0.2) is 9.97 Å². The Bertz CT molecular complexity index is 383. The van der Waals surface area contributed by atoms with Crippen LogP contribution in [0.3, 0.4) is 0 Å². The first kappa shape index (κ1) is 8.38. The molecular weight excluding hydrogens is 228 g/mol. The number of halogens is 1. The topological polar surface area (TPSA) is 25.8 Å². The van der Waals surface area contributed by atoms with Crippen LogP contribution < -0.4 is 0 Å². The summed E-state index contributed by atoms with van der Waals surface area (Å²) in [5.74, 6) is 0. The second kappa shape index (κ2) is 3.66. The molecule has 0 amide bonds. The van der Waals surface area contributed by atoms with Gasteiger partial charge in [0.25, 0.3) is 0 Å². The minimum absolute atomic E-state index is 0.618. The predicted octanol–water partition coefficient (Wildman–Crippen LogP) is 2.91. The average Bonchev–Trinajstić information content (AvgIpc) is 2.20. The van der Waals surface area contributed by atoms with Crippen molar-refractivity contribution < 1.29 is 0 Å². The van der Waals surface area contributed by atoms with Crippen LogP contribution in [0, 0.1) is 0 Å². The highest BCUT2D eigenvalue weighted by Crippen LogP contribution is 2.16. The van der Waals surface area contributed by atoms with Gasteiger partial charge in [-0.15, -0.1) is 0 Å². The summed E-state index contributed by atoms with van der Waals surface area (Å²) in [5, 5.41) is 0. The quantitative estimate of drug-likeness (QED) is 0.710. The van der Waals surface area contributed by atoms with Crippen molar-refractivity contribution >= 4 is 15.9 Å². The fourth-order valence-corrected chi connectivity index (χ4v) is 1.30. The van der Waals surface area contributed by atoms with Crippen LogP contribution in [0.5, 0.6) is 0 Å². The average molecular weight is 235 g/mol. The molecule has 0 spiro atoms. The number of rotatable bonds is 1. The lowest BCUT2D eigenvalue weighted by Gasteiger charge is -1.98. The Labute approximate surface area is 84.8 Å². The van der Waals surface area contributed by atoms with Gasteiger partial charge in [0.1, 0.15) is 0 Å². The van der Waals surface area contributed by atoms with Crippen LogP contribution in [-0.4, -0.2) is 9.97 Å². The standard InChI is InChI=1S/C10H7BrN2/c11-10-12-6-9(7-13-10)8-4-2-1-3-5-8/h1-7H. The van der Waals surface area contributed by atoms with E-state index in [0.29, 0.717) is 4.73 Å². The van der Waals surface area contributed by atoms with Crippen LogP contribution in [0.1, 0.15) is 0 Å². The Balaban J connectivity index is 2.42. The minimum atomic E-state index is 0.618. The van der Waals surface area contributed by atoms with Gasteiger partial charge < -0.3 is 0 Å². The van der Waals surface area contributed by atoms with E-state index in [-0.39, 0.29) is 0 Å². The van der Waals surface area contributed by atoms with Crippen molar-refractivity contribution in [1.82, 2.24) is 9.97 Å². The van der Waals surface area contributed by atoms with Crippen molar-refractivity contribution in [2.24, 2.45) is 0 Å². The maximum Gasteiger partial charge on any atom is 0.196 e. The molecule has 0 N–H and O–H groups in total. The van der Waals surface area contributed by atoms with Crippen LogP contribution >= 0.6 is 15.9 Å². The molecule has 0 bridgehead atoms. The zero-order valence-electron chi connectivity index (χ0n) is 6.81. The Hall–Kier alpha value is -1.22. The summed E-state index contributed by atoms with van der Waals surface area (Å²) in [5.41, 5.74) is 2.17. The molecule has 64 valence electrons. The van der Waals surface area contributed by atoms with E-state index in [1.165, 1.54) is 0 Å². The molecule has 13 heavy (non-hydrogen) atoms. The summed E-state index contributed by atoms with van der Waals surface area (Å²) in [7, 11) is 0. The predicted molar refractivity (Wildman–Crippen MR) is 55.2 cm³/mol. The van der Waals surface area contributed by atoms with Gasteiger partial charge in [0.05, 0.1) is 0 Å². The van der Waals surface area contributed by atoms with Crippen LogP contribution in [0.25, 0.3) is 11.1 Å². The Morgan fingerprint density at radius 3 is 2.08 bits per heavy atom. The molecule has 3 heteroatoms. The minimum Gasteiger partial charge on any atom is -0.230 e. The van der Waals surface area contributed by atoms with Crippen LogP contribution in [0.2, 0.25) is 0 Å². The first-order chi connectivity index (χ1) is 6.36. The second-order valence-electron chi connectivity index (χ2n) is 2.61. The van der Waals surface area contributed by atoms with Gasteiger partial charge >= 0.3 is 0 Å². The van der Waals surface area contributed by atoms with Crippen molar-refractivity contribution in [3.8, 4) is 11.1 Å². The van der Waals surface area contributed by atoms with Crippen molar-refractivity contribution in [1.29, 1.82) is 0 Å². The van der Waals surface area contributed by atoms with E-state index in [2.05, 4.69) is 25.9 Å². The van der Waals surface area contributed by atoms with E-state index in [1.807, 2.05) is 30.3 Å². The molecule has 0 fully saturated rings. The maximum absolute atomic E-state index is 4.06. The van der Waals surface area contributed by atoms with E-state index in [1.54, 1.807) is 12.4 Å². The molecule has 0 saturated carbocycles.